The molecule has 0 spiro atoms. The Balaban J connectivity index is 2.06. The van der Waals surface area contributed by atoms with Gasteiger partial charge in [0, 0.05) is 25.7 Å². The maximum atomic E-state index is 4.32. The maximum Gasteiger partial charge on any atom is 0.186 e. The van der Waals surface area contributed by atoms with E-state index in [4.69, 9.17) is 0 Å². The highest BCUT2D eigenvalue weighted by Crippen LogP contribution is 2.23. The van der Waals surface area contributed by atoms with E-state index in [-0.39, 0.29) is 0 Å². The van der Waals surface area contributed by atoms with Gasteiger partial charge in [-0.1, -0.05) is 5.21 Å². The highest BCUT2D eigenvalue weighted by molar-refractivity contribution is 9.10. The molecule has 7 heteroatoms. The van der Waals surface area contributed by atoms with Gasteiger partial charge in [-0.25, -0.2) is 4.98 Å². The third kappa shape index (κ3) is 2.54. The van der Waals surface area contributed by atoms with Crippen molar-refractivity contribution in [3.05, 3.63) is 21.9 Å². The molecule has 0 fully saturated rings. The van der Waals surface area contributed by atoms with Crippen molar-refractivity contribution in [1.29, 1.82) is 0 Å². The van der Waals surface area contributed by atoms with E-state index in [0.717, 1.165) is 15.4 Å². The zero-order valence-electron chi connectivity index (χ0n) is 8.38. The number of hydrogen-bond acceptors (Lipinski definition) is 5. The average molecular weight is 288 g/mol. The largest absolute Gasteiger partial charge is 0.345 e. The molecule has 0 N–H and O–H groups in total. The summed E-state index contributed by atoms with van der Waals surface area (Å²) in [7, 11) is 3.84. The van der Waals surface area contributed by atoms with Crippen LogP contribution in [0, 0.1) is 0 Å². The summed E-state index contributed by atoms with van der Waals surface area (Å²) in [6, 6.07) is 0. The van der Waals surface area contributed by atoms with E-state index in [1.807, 2.05) is 30.6 Å². The molecule has 0 aromatic carbocycles. The molecule has 0 aliphatic rings. The number of aromatic nitrogens is 4. The zero-order chi connectivity index (χ0) is 10.8. The lowest BCUT2D eigenvalue weighted by Crippen LogP contribution is -2.16. The average Bonchev–Trinajstić information content (AvgIpc) is 2.75. The molecule has 0 bridgehead atoms. The molecule has 15 heavy (non-hydrogen) atoms. The van der Waals surface area contributed by atoms with E-state index < -0.39 is 0 Å². The van der Waals surface area contributed by atoms with Gasteiger partial charge in [-0.2, -0.15) is 0 Å². The van der Waals surface area contributed by atoms with Crippen LogP contribution in [-0.4, -0.2) is 27.0 Å². The highest BCUT2D eigenvalue weighted by Gasteiger charge is 2.08. The van der Waals surface area contributed by atoms with Crippen LogP contribution in [0.15, 0.2) is 16.2 Å². The van der Waals surface area contributed by atoms with Gasteiger partial charge >= 0.3 is 0 Å². The molecular weight excluding hydrogens is 278 g/mol. The Hall–Kier alpha value is -0.950. The predicted molar refractivity (Wildman–Crippen MR) is 62.9 cm³/mol. The lowest BCUT2D eigenvalue weighted by atomic mass is 10.4. The Morgan fingerprint density at radius 3 is 2.93 bits per heavy atom. The fraction of sp³-hybridized carbons (Fsp3) is 0.375. The smallest absolute Gasteiger partial charge is 0.186 e. The van der Waals surface area contributed by atoms with Crippen LogP contribution in [0.2, 0.25) is 0 Å². The van der Waals surface area contributed by atoms with Gasteiger partial charge in [-0.3, -0.25) is 4.68 Å². The standard InChI is InChI=1S/C8H10BrN5S/c1-13(8-10-7(9)5-15-8)3-6-4-14(2)12-11-6/h4-5H,3H2,1-2H3. The molecule has 2 aromatic heterocycles. The topological polar surface area (TPSA) is 46.8 Å². The molecule has 0 unspecified atom stereocenters. The lowest BCUT2D eigenvalue weighted by molar-refractivity contribution is 0.712. The van der Waals surface area contributed by atoms with E-state index in [1.54, 1.807) is 16.0 Å². The van der Waals surface area contributed by atoms with Crippen LogP contribution in [-0.2, 0) is 13.6 Å². The van der Waals surface area contributed by atoms with Crippen molar-refractivity contribution >= 4 is 32.4 Å². The SMILES string of the molecule is CN(Cc1cn(C)nn1)c1nc(Br)cs1. The Morgan fingerprint density at radius 2 is 2.40 bits per heavy atom. The molecule has 0 aliphatic carbocycles. The van der Waals surface area contributed by atoms with Gasteiger partial charge in [0.2, 0.25) is 0 Å². The van der Waals surface area contributed by atoms with E-state index >= 15 is 0 Å². The molecule has 0 saturated heterocycles. The molecular formula is C8H10BrN5S. The summed E-state index contributed by atoms with van der Waals surface area (Å²) in [5, 5.41) is 10.8. The molecule has 80 valence electrons. The summed E-state index contributed by atoms with van der Waals surface area (Å²) in [4.78, 5) is 6.36. The van der Waals surface area contributed by atoms with Gasteiger partial charge in [0.1, 0.15) is 10.3 Å². The van der Waals surface area contributed by atoms with Crippen LogP contribution in [0.1, 0.15) is 5.69 Å². The quantitative estimate of drug-likeness (QED) is 0.862. The minimum atomic E-state index is 0.716. The maximum absolute atomic E-state index is 4.32. The lowest BCUT2D eigenvalue weighted by Gasteiger charge is -2.12. The van der Waals surface area contributed by atoms with Crippen molar-refractivity contribution in [2.24, 2.45) is 7.05 Å². The molecule has 5 nitrogen and oxygen atoms in total. The van der Waals surface area contributed by atoms with Gasteiger partial charge in [0.05, 0.1) is 6.54 Å². The Kier molecular flexibility index (Phi) is 3.01. The molecule has 2 rings (SSSR count). The Labute approximate surface area is 99.9 Å². The first-order valence-corrected chi connectivity index (χ1v) is 6.00. The zero-order valence-corrected chi connectivity index (χ0v) is 10.8. The van der Waals surface area contributed by atoms with Crippen LogP contribution in [0.25, 0.3) is 0 Å². The number of thiazole rings is 1. The van der Waals surface area contributed by atoms with Crippen molar-refractivity contribution in [2.75, 3.05) is 11.9 Å². The molecule has 0 radical (unpaired) electrons. The van der Waals surface area contributed by atoms with E-state index in [9.17, 15) is 0 Å². The second-order valence-corrected chi connectivity index (χ2v) is 4.84. The van der Waals surface area contributed by atoms with Crippen molar-refractivity contribution in [1.82, 2.24) is 20.0 Å². The number of aryl methyl sites for hydroxylation is 1. The van der Waals surface area contributed by atoms with Crippen LogP contribution in [0.4, 0.5) is 5.13 Å². The summed E-state index contributed by atoms with van der Waals surface area (Å²) in [6.45, 7) is 0.716. The van der Waals surface area contributed by atoms with E-state index in [2.05, 4.69) is 31.2 Å². The summed E-state index contributed by atoms with van der Waals surface area (Å²) in [5.74, 6) is 0. The third-order valence-corrected chi connectivity index (χ3v) is 3.50. The normalized spacial score (nSPS) is 10.6. The molecule has 0 aliphatic heterocycles. The first-order valence-electron chi connectivity index (χ1n) is 4.32. The van der Waals surface area contributed by atoms with Gasteiger partial charge in [0.25, 0.3) is 0 Å². The van der Waals surface area contributed by atoms with Crippen LogP contribution in [0.3, 0.4) is 0 Å². The van der Waals surface area contributed by atoms with Gasteiger partial charge in [0.15, 0.2) is 5.13 Å². The minimum Gasteiger partial charge on any atom is -0.345 e. The third-order valence-electron chi connectivity index (χ3n) is 1.84. The minimum absolute atomic E-state index is 0.716. The van der Waals surface area contributed by atoms with Crippen molar-refractivity contribution in [2.45, 2.75) is 6.54 Å². The van der Waals surface area contributed by atoms with Crippen molar-refractivity contribution in [3.8, 4) is 0 Å². The van der Waals surface area contributed by atoms with Gasteiger partial charge in [-0.05, 0) is 15.9 Å². The fourth-order valence-electron chi connectivity index (χ4n) is 1.20. The number of nitrogens with zero attached hydrogens (tertiary/aromatic N) is 5. The predicted octanol–water partition coefficient (Wildman–Crippen LogP) is 1.67. The van der Waals surface area contributed by atoms with Gasteiger partial charge in [-0.15, -0.1) is 16.4 Å². The fourth-order valence-corrected chi connectivity index (χ4v) is 2.42. The van der Waals surface area contributed by atoms with E-state index in [1.165, 1.54) is 0 Å². The number of rotatable bonds is 3. The summed E-state index contributed by atoms with van der Waals surface area (Å²) < 4.78 is 2.56. The van der Waals surface area contributed by atoms with Crippen LogP contribution < -0.4 is 4.90 Å². The van der Waals surface area contributed by atoms with Crippen LogP contribution >= 0.6 is 27.3 Å². The second kappa shape index (κ2) is 4.28. The van der Waals surface area contributed by atoms with E-state index in [0.29, 0.717) is 6.54 Å². The molecule has 0 atom stereocenters. The molecule has 2 heterocycles. The summed E-state index contributed by atoms with van der Waals surface area (Å²) in [6.07, 6.45) is 1.90. The second-order valence-electron chi connectivity index (χ2n) is 3.19. The summed E-state index contributed by atoms with van der Waals surface area (Å²) >= 11 is 4.93. The molecule has 2 aromatic rings. The number of halogens is 1. The highest BCUT2D eigenvalue weighted by atomic mass is 79.9. The number of anilines is 1. The molecule has 0 amide bonds. The summed E-state index contributed by atoms with van der Waals surface area (Å²) in [5.41, 5.74) is 0.936. The number of hydrogen-bond donors (Lipinski definition) is 0. The van der Waals surface area contributed by atoms with Crippen LogP contribution in [0.5, 0.6) is 0 Å². The Morgan fingerprint density at radius 1 is 1.60 bits per heavy atom. The first kappa shape index (κ1) is 10.6. The van der Waals surface area contributed by atoms with Crippen molar-refractivity contribution in [3.63, 3.8) is 0 Å². The van der Waals surface area contributed by atoms with Gasteiger partial charge < -0.3 is 4.90 Å². The molecule has 0 saturated carbocycles. The first-order chi connectivity index (χ1) is 7.15. The Bertz CT molecular complexity index is 451. The van der Waals surface area contributed by atoms with Crippen molar-refractivity contribution < 1.29 is 0 Å². The monoisotopic (exact) mass is 287 g/mol.